The zero-order valence-electron chi connectivity index (χ0n) is 8.50. The number of nitrogen functional groups attached to an aromatic ring is 1. The van der Waals surface area contributed by atoms with Crippen molar-refractivity contribution in [2.75, 3.05) is 5.43 Å². The molecule has 0 bridgehead atoms. The zero-order chi connectivity index (χ0) is 11.0. The molecule has 5 nitrogen and oxygen atoms in total. The van der Waals surface area contributed by atoms with Crippen LogP contribution >= 0.6 is 11.3 Å². The van der Waals surface area contributed by atoms with Crippen LogP contribution < -0.4 is 16.8 Å². The Hall–Kier alpha value is -1.40. The second kappa shape index (κ2) is 3.63. The van der Waals surface area contributed by atoms with Gasteiger partial charge in [-0.2, -0.15) is 0 Å². The largest absolute Gasteiger partial charge is 0.294 e. The summed E-state index contributed by atoms with van der Waals surface area (Å²) in [4.78, 5) is 19.2. The van der Waals surface area contributed by atoms with Gasteiger partial charge in [-0.25, -0.2) is 10.8 Å². The van der Waals surface area contributed by atoms with E-state index in [1.165, 1.54) is 11.3 Å². The van der Waals surface area contributed by atoms with E-state index in [0.717, 1.165) is 10.4 Å². The number of thiophene rings is 1. The minimum atomic E-state index is -0.141. The Labute approximate surface area is 90.3 Å². The van der Waals surface area contributed by atoms with E-state index < -0.39 is 0 Å². The first kappa shape index (κ1) is 10.1. The van der Waals surface area contributed by atoms with E-state index in [1.54, 1.807) is 0 Å². The topological polar surface area (TPSA) is 83.8 Å². The van der Waals surface area contributed by atoms with Gasteiger partial charge in [0.25, 0.3) is 5.56 Å². The second-order valence-electron chi connectivity index (χ2n) is 3.58. The van der Waals surface area contributed by atoms with Crippen molar-refractivity contribution in [1.29, 1.82) is 0 Å². The normalized spacial score (nSPS) is 11.2. The molecule has 2 rings (SSSR count). The highest BCUT2D eigenvalue weighted by atomic mass is 32.1. The van der Waals surface area contributed by atoms with Crippen LogP contribution in [0.3, 0.4) is 0 Å². The molecule has 0 saturated carbocycles. The number of rotatable bonds is 2. The summed E-state index contributed by atoms with van der Waals surface area (Å²) in [7, 11) is 0. The van der Waals surface area contributed by atoms with Crippen molar-refractivity contribution in [2.45, 2.75) is 19.8 Å². The highest BCUT2D eigenvalue weighted by molar-refractivity contribution is 7.16. The third-order valence-corrected chi connectivity index (χ3v) is 3.12. The molecule has 0 atom stereocenters. The molecule has 0 aromatic carbocycles. The van der Waals surface area contributed by atoms with Gasteiger partial charge in [-0.05, 0) is 16.9 Å². The molecule has 6 heteroatoms. The lowest BCUT2D eigenvalue weighted by Gasteiger charge is -2.02. The highest BCUT2D eigenvalue weighted by Crippen LogP contribution is 2.27. The summed E-state index contributed by atoms with van der Waals surface area (Å²) in [6.45, 7) is 4.10. The number of aromatic nitrogens is 2. The fourth-order valence-corrected chi connectivity index (χ4v) is 2.56. The Morgan fingerprint density at radius 2 is 2.33 bits per heavy atom. The predicted octanol–water partition coefficient (Wildman–Crippen LogP) is 1.39. The van der Waals surface area contributed by atoms with Crippen molar-refractivity contribution in [2.24, 2.45) is 5.84 Å². The van der Waals surface area contributed by atoms with Crippen LogP contribution in [-0.2, 0) is 0 Å². The van der Waals surface area contributed by atoms with Gasteiger partial charge in [-0.1, -0.05) is 13.8 Å². The summed E-state index contributed by atoms with van der Waals surface area (Å²) in [5.41, 5.74) is 3.23. The zero-order valence-corrected chi connectivity index (χ0v) is 9.31. The van der Waals surface area contributed by atoms with Crippen molar-refractivity contribution in [3.63, 3.8) is 0 Å². The second-order valence-corrected chi connectivity index (χ2v) is 4.44. The van der Waals surface area contributed by atoms with Gasteiger partial charge in [0.2, 0.25) is 5.95 Å². The van der Waals surface area contributed by atoms with Crippen LogP contribution in [0.1, 0.15) is 25.3 Å². The molecule has 0 aliphatic carbocycles. The third kappa shape index (κ3) is 1.62. The number of aromatic amines is 1. The van der Waals surface area contributed by atoms with E-state index in [1.807, 2.05) is 5.38 Å². The highest BCUT2D eigenvalue weighted by Gasteiger charge is 2.12. The Bertz CT molecular complexity index is 543. The monoisotopic (exact) mass is 224 g/mol. The molecule has 2 heterocycles. The number of nitrogens with two attached hydrogens (primary N) is 1. The fourth-order valence-electron chi connectivity index (χ4n) is 1.46. The van der Waals surface area contributed by atoms with Gasteiger partial charge in [0.05, 0.1) is 5.39 Å². The van der Waals surface area contributed by atoms with Crippen LogP contribution in [0.5, 0.6) is 0 Å². The van der Waals surface area contributed by atoms with E-state index in [2.05, 4.69) is 29.2 Å². The molecule has 0 fully saturated rings. The van der Waals surface area contributed by atoms with Gasteiger partial charge in [0, 0.05) is 0 Å². The first-order valence-electron chi connectivity index (χ1n) is 4.61. The number of fused-ring (bicyclic) bond motifs is 1. The standard InChI is InChI=1S/C9H12N4OS/c1-4(2)5-3-15-8-6(5)7(14)11-9(12-8)13-10/h3-4H,10H2,1-2H3,(H2,11,12,13,14). The van der Waals surface area contributed by atoms with E-state index in [9.17, 15) is 4.79 Å². The predicted molar refractivity (Wildman–Crippen MR) is 62.1 cm³/mol. The van der Waals surface area contributed by atoms with Crippen molar-refractivity contribution in [3.8, 4) is 0 Å². The molecule has 0 unspecified atom stereocenters. The minimum Gasteiger partial charge on any atom is -0.294 e. The summed E-state index contributed by atoms with van der Waals surface area (Å²) in [5.74, 6) is 5.81. The molecule has 0 amide bonds. The summed E-state index contributed by atoms with van der Waals surface area (Å²) >= 11 is 1.46. The molecule has 4 N–H and O–H groups in total. The number of anilines is 1. The van der Waals surface area contributed by atoms with E-state index in [0.29, 0.717) is 17.3 Å². The molecule has 0 saturated heterocycles. The van der Waals surface area contributed by atoms with Crippen LogP contribution in [-0.4, -0.2) is 9.97 Å². The number of hydrogen-bond acceptors (Lipinski definition) is 5. The van der Waals surface area contributed by atoms with Crippen molar-refractivity contribution in [1.82, 2.24) is 9.97 Å². The number of nitrogens with one attached hydrogen (secondary N) is 2. The third-order valence-electron chi connectivity index (χ3n) is 2.23. The lowest BCUT2D eigenvalue weighted by molar-refractivity contribution is 0.878. The molecule has 0 aliphatic heterocycles. The summed E-state index contributed by atoms with van der Waals surface area (Å²) < 4.78 is 0. The van der Waals surface area contributed by atoms with Crippen LogP contribution in [0, 0.1) is 0 Å². The Morgan fingerprint density at radius 1 is 1.60 bits per heavy atom. The van der Waals surface area contributed by atoms with Crippen LogP contribution in [0.2, 0.25) is 0 Å². The van der Waals surface area contributed by atoms with Crippen LogP contribution in [0.15, 0.2) is 10.2 Å². The average Bonchev–Trinajstić information content (AvgIpc) is 2.61. The molecule has 0 radical (unpaired) electrons. The first-order chi connectivity index (χ1) is 7.13. The first-order valence-corrected chi connectivity index (χ1v) is 5.49. The summed E-state index contributed by atoms with van der Waals surface area (Å²) in [6.07, 6.45) is 0. The number of nitrogens with zero attached hydrogens (tertiary/aromatic N) is 1. The van der Waals surface area contributed by atoms with Gasteiger partial charge in [0.1, 0.15) is 4.83 Å². The molecule has 15 heavy (non-hydrogen) atoms. The SMILES string of the molecule is CC(C)c1csc2nc(NN)[nH]c(=O)c12. The van der Waals surface area contributed by atoms with E-state index in [4.69, 9.17) is 5.84 Å². The summed E-state index contributed by atoms with van der Waals surface area (Å²) in [6, 6.07) is 0. The molecular formula is C9H12N4OS. The Morgan fingerprint density at radius 3 is 2.93 bits per heavy atom. The number of hydrogen-bond donors (Lipinski definition) is 3. The molecule has 0 aliphatic rings. The van der Waals surface area contributed by atoms with Crippen LogP contribution in [0.4, 0.5) is 5.95 Å². The fraction of sp³-hybridized carbons (Fsp3) is 0.333. The van der Waals surface area contributed by atoms with Gasteiger partial charge in [-0.3, -0.25) is 15.2 Å². The smallest absolute Gasteiger partial charge is 0.261 e. The molecule has 2 aromatic rings. The maximum absolute atomic E-state index is 11.8. The molecule has 0 spiro atoms. The summed E-state index contributed by atoms with van der Waals surface area (Å²) in [5, 5.41) is 2.65. The maximum atomic E-state index is 11.8. The quantitative estimate of drug-likeness (QED) is 0.531. The molecule has 80 valence electrons. The maximum Gasteiger partial charge on any atom is 0.261 e. The van der Waals surface area contributed by atoms with E-state index >= 15 is 0 Å². The minimum absolute atomic E-state index is 0.141. The van der Waals surface area contributed by atoms with Crippen molar-refractivity contribution in [3.05, 3.63) is 21.3 Å². The Balaban J connectivity index is 2.77. The van der Waals surface area contributed by atoms with Crippen LogP contribution in [0.25, 0.3) is 10.2 Å². The van der Waals surface area contributed by atoms with Crippen molar-refractivity contribution < 1.29 is 0 Å². The average molecular weight is 224 g/mol. The van der Waals surface area contributed by atoms with Gasteiger partial charge in [-0.15, -0.1) is 11.3 Å². The van der Waals surface area contributed by atoms with Gasteiger partial charge in [0.15, 0.2) is 0 Å². The Kier molecular flexibility index (Phi) is 2.45. The number of H-pyrrole nitrogens is 1. The van der Waals surface area contributed by atoms with E-state index in [-0.39, 0.29) is 5.56 Å². The van der Waals surface area contributed by atoms with Gasteiger partial charge >= 0.3 is 0 Å². The number of hydrazine groups is 1. The lowest BCUT2D eigenvalue weighted by Crippen LogP contribution is -2.16. The molecule has 2 aromatic heterocycles. The molecular weight excluding hydrogens is 212 g/mol. The lowest BCUT2D eigenvalue weighted by atomic mass is 10.0. The van der Waals surface area contributed by atoms with Gasteiger partial charge < -0.3 is 0 Å². The van der Waals surface area contributed by atoms with Crippen molar-refractivity contribution >= 4 is 27.5 Å².